The molecule has 2 amide bonds. The molecule has 2 fully saturated rings. The van der Waals surface area contributed by atoms with Crippen molar-refractivity contribution in [3.05, 3.63) is 0 Å². The Bertz CT molecular complexity index is 938. The second kappa shape index (κ2) is 15.4. The molecule has 2 aliphatic rings. The van der Waals surface area contributed by atoms with E-state index in [1.165, 1.54) is 25.6 Å². The summed E-state index contributed by atoms with van der Waals surface area (Å²) in [6, 6.07) is 0. The highest BCUT2D eigenvalue weighted by Crippen LogP contribution is 2.35. The van der Waals surface area contributed by atoms with Crippen molar-refractivity contribution in [2.75, 3.05) is 12.4 Å². The second-order valence-electron chi connectivity index (χ2n) is 8.79. The Morgan fingerprint density at radius 3 is 1.92 bits per heavy atom. The molecule has 39 heavy (non-hydrogen) atoms. The van der Waals surface area contributed by atoms with Crippen molar-refractivity contribution in [3.8, 4) is 0 Å². The summed E-state index contributed by atoms with van der Waals surface area (Å²) in [5, 5.41) is 0.503. The van der Waals surface area contributed by atoms with Gasteiger partial charge in [0, 0.05) is 47.0 Å². The van der Waals surface area contributed by atoms with Gasteiger partial charge in [0.1, 0.15) is 18.1 Å². The number of hydrogen-bond acceptors (Lipinski definition) is 14. The van der Waals surface area contributed by atoms with Gasteiger partial charge in [-0.15, -0.1) is 16.8 Å². The maximum Gasteiger partial charge on any atom is 0.333 e. The SMILES string of the molecule is CC(=O)OC[C@H]1O[C@@H](SCCCCCC(=O)ON2C(=O)CCC2=O)[C@H](OC(C)=O)[C@@H](OC(C)=O)[C@@H]1OC(C)=O. The fraction of sp³-hybridized carbons (Fsp3) is 0.708. The van der Waals surface area contributed by atoms with Crippen LogP contribution in [0.5, 0.6) is 0 Å². The number of nitrogens with zero attached hydrogens (tertiary/aromatic N) is 1. The molecule has 0 aliphatic carbocycles. The van der Waals surface area contributed by atoms with Crippen LogP contribution in [0.2, 0.25) is 0 Å². The van der Waals surface area contributed by atoms with E-state index in [0.29, 0.717) is 30.1 Å². The van der Waals surface area contributed by atoms with Crippen molar-refractivity contribution in [2.24, 2.45) is 0 Å². The molecular weight excluding hydrogens is 542 g/mol. The van der Waals surface area contributed by atoms with Crippen LogP contribution in [-0.4, -0.2) is 88.9 Å². The van der Waals surface area contributed by atoms with Crippen molar-refractivity contribution in [1.29, 1.82) is 0 Å². The number of rotatable bonds is 13. The minimum atomic E-state index is -1.23. The summed E-state index contributed by atoms with van der Waals surface area (Å²) in [6.45, 7) is 4.35. The second-order valence-corrected chi connectivity index (χ2v) is 10.0. The van der Waals surface area contributed by atoms with Crippen LogP contribution < -0.4 is 0 Å². The lowest BCUT2D eigenvalue weighted by atomic mass is 9.99. The van der Waals surface area contributed by atoms with E-state index in [0.717, 1.165) is 13.8 Å². The average molecular weight is 576 g/mol. The Hall–Kier alpha value is -3.20. The molecule has 2 heterocycles. The monoisotopic (exact) mass is 575 g/mol. The molecule has 0 unspecified atom stereocenters. The quantitative estimate of drug-likeness (QED) is 0.131. The van der Waals surface area contributed by atoms with Crippen molar-refractivity contribution in [3.63, 3.8) is 0 Å². The highest BCUT2D eigenvalue weighted by molar-refractivity contribution is 7.99. The lowest BCUT2D eigenvalue weighted by Gasteiger charge is -2.44. The Labute approximate surface area is 229 Å². The third kappa shape index (κ3) is 10.5. The third-order valence-corrected chi connectivity index (χ3v) is 6.69. The molecule has 2 saturated heterocycles. The molecule has 0 aromatic carbocycles. The molecule has 2 rings (SSSR count). The first-order chi connectivity index (χ1) is 18.4. The summed E-state index contributed by atoms with van der Waals surface area (Å²) >= 11 is 1.24. The summed E-state index contributed by atoms with van der Waals surface area (Å²) in [5.41, 5.74) is -0.872. The smallest absolute Gasteiger partial charge is 0.333 e. The first-order valence-corrected chi connectivity index (χ1v) is 13.4. The lowest BCUT2D eigenvalue weighted by molar-refractivity contribution is -0.237. The topological polar surface area (TPSA) is 178 Å². The van der Waals surface area contributed by atoms with Gasteiger partial charge >= 0.3 is 29.8 Å². The van der Waals surface area contributed by atoms with Crippen LogP contribution in [-0.2, 0) is 62.1 Å². The van der Waals surface area contributed by atoms with Crippen molar-refractivity contribution >= 4 is 53.4 Å². The minimum Gasteiger partial charge on any atom is -0.463 e. The van der Waals surface area contributed by atoms with E-state index < -0.39 is 71.5 Å². The van der Waals surface area contributed by atoms with Gasteiger partial charge in [0.2, 0.25) is 0 Å². The standard InChI is InChI=1S/C24H33NO13S/c1-13(26)33-12-17-21(34-14(2)27)22(35-15(3)28)23(36-16(4)29)24(37-17)39-11-7-5-6-8-20(32)38-25-18(30)9-10-19(25)31/h17,21-24H,5-12H2,1-4H3/t17-,21-,22+,23-,24+/m1/s1. The van der Waals surface area contributed by atoms with E-state index in [4.69, 9.17) is 28.5 Å². The van der Waals surface area contributed by atoms with E-state index in [9.17, 15) is 33.6 Å². The Morgan fingerprint density at radius 2 is 1.36 bits per heavy atom. The van der Waals surface area contributed by atoms with Crippen LogP contribution in [0.4, 0.5) is 0 Å². The number of amides is 2. The number of esters is 4. The maximum atomic E-state index is 11.9. The number of carbonyl (C=O) groups excluding carboxylic acids is 7. The van der Waals surface area contributed by atoms with Gasteiger partial charge in [0.15, 0.2) is 18.3 Å². The Balaban J connectivity index is 1.99. The molecule has 14 nitrogen and oxygen atoms in total. The van der Waals surface area contributed by atoms with E-state index in [2.05, 4.69) is 0 Å². The van der Waals surface area contributed by atoms with Gasteiger partial charge < -0.3 is 28.5 Å². The molecule has 0 radical (unpaired) electrons. The van der Waals surface area contributed by atoms with Crippen LogP contribution in [0.15, 0.2) is 0 Å². The average Bonchev–Trinajstić information content (AvgIpc) is 3.14. The third-order valence-electron chi connectivity index (χ3n) is 5.45. The Morgan fingerprint density at radius 1 is 0.795 bits per heavy atom. The molecule has 0 aromatic heterocycles. The highest BCUT2D eigenvalue weighted by atomic mass is 32.2. The van der Waals surface area contributed by atoms with E-state index in [1.807, 2.05) is 0 Å². The first-order valence-electron chi connectivity index (χ1n) is 12.4. The summed E-state index contributed by atoms with van der Waals surface area (Å²) in [7, 11) is 0. The number of hydrogen-bond donors (Lipinski definition) is 0. The molecule has 15 heteroatoms. The van der Waals surface area contributed by atoms with Crippen molar-refractivity contribution in [1.82, 2.24) is 5.06 Å². The highest BCUT2D eigenvalue weighted by Gasteiger charge is 2.52. The summed E-state index contributed by atoms with van der Waals surface area (Å²) in [5.74, 6) is -4.03. The molecule has 0 N–H and O–H groups in total. The number of carbonyl (C=O) groups is 7. The first kappa shape index (κ1) is 32.0. The Kier molecular flexibility index (Phi) is 12.6. The fourth-order valence-corrected chi connectivity index (χ4v) is 5.10. The number of thioether (sulfide) groups is 1. The summed E-state index contributed by atoms with van der Waals surface area (Å²) < 4.78 is 27.2. The zero-order valence-corrected chi connectivity index (χ0v) is 23.0. The fourth-order valence-electron chi connectivity index (χ4n) is 3.88. The largest absolute Gasteiger partial charge is 0.463 e. The normalized spacial score (nSPS) is 24.6. The summed E-state index contributed by atoms with van der Waals surface area (Å²) in [6.07, 6.45) is -2.97. The minimum absolute atomic E-state index is 0.000772. The molecule has 0 spiro atoms. The number of unbranched alkanes of at least 4 members (excludes halogenated alkanes) is 2. The molecule has 218 valence electrons. The lowest BCUT2D eigenvalue weighted by Crippen LogP contribution is -2.61. The van der Waals surface area contributed by atoms with Gasteiger partial charge in [-0.3, -0.25) is 28.8 Å². The maximum absolute atomic E-state index is 11.9. The number of ether oxygens (including phenoxy) is 5. The van der Waals surface area contributed by atoms with Crippen molar-refractivity contribution < 1.29 is 62.1 Å². The van der Waals surface area contributed by atoms with Crippen LogP contribution in [0.25, 0.3) is 0 Å². The molecule has 0 saturated carbocycles. The van der Waals surface area contributed by atoms with Gasteiger partial charge in [-0.2, -0.15) is 0 Å². The van der Waals surface area contributed by atoms with Crippen LogP contribution >= 0.6 is 11.8 Å². The zero-order chi connectivity index (χ0) is 29.1. The van der Waals surface area contributed by atoms with Gasteiger partial charge in [0.25, 0.3) is 11.8 Å². The zero-order valence-electron chi connectivity index (χ0n) is 22.2. The number of hydroxylamine groups is 2. The number of imide groups is 1. The van der Waals surface area contributed by atoms with Crippen molar-refractivity contribution in [2.45, 2.75) is 96.1 Å². The molecular formula is C24H33NO13S. The van der Waals surface area contributed by atoms with Crippen LogP contribution in [0.1, 0.15) is 66.2 Å². The van der Waals surface area contributed by atoms with Gasteiger partial charge in [-0.25, -0.2) is 4.79 Å². The van der Waals surface area contributed by atoms with E-state index in [-0.39, 0.29) is 25.9 Å². The summed E-state index contributed by atoms with van der Waals surface area (Å²) in [4.78, 5) is 86.8. The van der Waals surface area contributed by atoms with Crippen LogP contribution in [0.3, 0.4) is 0 Å². The molecule has 0 bridgehead atoms. The van der Waals surface area contributed by atoms with Crippen LogP contribution in [0, 0.1) is 0 Å². The predicted octanol–water partition coefficient (Wildman–Crippen LogP) is 0.970. The van der Waals surface area contributed by atoms with E-state index >= 15 is 0 Å². The molecule has 2 aliphatic heterocycles. The van der Waals surface area contributed by atoms with E-state index in [1.54, 1.807) is 0 Å². The molecule has 5 atom stereocenters. The molecule has 0 aromatic rings. The van der Waals surface area contributed by atoms with Gasteiger partial charge in [-0.05, 0) is 18.6 Å². The van der Waals surface area contributed by atoms with Gasteiger partial charge in [-0.1, -0.05) is 6.42 Å². The predicted molar refractivity (Wildman–Crippen MR) is 130 cm³/mol. The van der Waals surface area contributed by atoms with Gasteiger partial charge in [0.05, 0.1) is 0 Å².